The highest BCUT2D eigenvalue weighted by Crippen LogP contribution is 2.37. The van der Waals surface area contributed by atoms with Gasteiger partial charge in [0.15, 0.2) is 0 Å². The van der Waals surface area contributed by atoms with Crippen molar-refractivity contribution in [1.82, 2.24) is 0 Å². The van der Waals surface area contributed by atoms with E-state index >= 15 is 0 Å². The van der Waals surface area contributed by atoms with E-state index in [1.54, 1.807) is 66.7 Å². The first kappa shape index (κ1) is 29.1. The molecule has 0 bridgehead atoms. The van der Waals surface area contributed by atoms with Crippen LogP contribution in [0, 0.1) is 0 Å². The molecule has 5 aromatic carbocycles. The molecule has 1 unspecified atom stereocenters. The summed E-state index contributed by atoms with van der Waals surface area (Å²) >= 11 is 1.36. The van der Waals surface area contributed by atoms with Gasteiger partial charge in [-0.25, -0.2) is 4.79 Å². The first-order valence-corrected chi connectivity index (χ1v) is 14.2. The molecule has 0 fully saturated rings. The molecule has 0 aliphatic carbocycles. The molecule has 0 saturated heterocycles. The van der Waals surface area contributed by atoms with Crippen LogP contribution in [0.1, 0.15) is 38.5 Å². The fourth-order valence-electron chi connectivity index (χ4n) is 4.61. The Labute approximate surface area is 252 Å². The number of benzene rings is 5. The predicted molar refractivity (Wildman–Crippen MR) is 170 cm³/mol. The van der Waals surface area contributed by atoms with Gasteiger partial charge >= 0.3 is 5.97 Å². The summed E-state index contributed by atoms with van der Waals surface area (Å²) in [4.78, 5) is 50.5. The zero-order valence-corrected chi connectivity index (χ0v) is 23.9. The average Bonchev–Trinajstić information content (AvgIpc) is 3.01. The van der Waals surface area contributed by atoms with Gasteiger partial charge in [-0.3, -0.25) is 14.4 Å². The number of thioether (sulfide) groups is 1. The summed E-state index contributed by atoms with van der Waals surface area (Å²) in [6.45, 7) is 1.43. The van der Waals surface area contributed by atoms with Crippen molar-refractivity contribution in [3.63, 3.8) is 0 Å². The number of fused-ring (bicyclic) bond motifs is 1. The van der Waals surface area contributed by atoms with Crippen molar-refractivity contribution in [2.75, 3.05) is 16.0 Å². The van der Waals surface area contributed by atoms with E-state index in [-0.39, 0.29) is 22.9 Å². The Bertz CT molecular complexity index is 1800. The molecular weight excluding hydrogens is 562 g/mol. The zero-order valence-electron chi connectivity index (χ0n) is 23.0. The number of nitrogens with one attached hydrogen (secondary N) is 3. The molecule has 5 aromatic rings. The van der Waals surface area contributed by atoms with Crippen molar-refractivity contribution in [1.29, 1.82) is 0 Å². The van der Waals surface area contributed by atoms with Gasteiger partial charge in [-0.1, -0.05) is 54.6 Å². The maximum absolute atomic E-state index is 13.4. The molecule has 0 saturated carbocycles. The van der Waals surface area contributed by atoms with Crippen LogP contribution in [0.3, 0.4) is 0 Å². The Balaban J connectivity index is 1.32. The normalized spacial score (nSPS) is 11.4. The summed E-state index contributed by atoms with van der Waals surface area (Å²) in [5, 5.41) is 18.6. The van der Waals surface area contributed by atoms with Crippen molar-refractivity contribution >= 4 is 63.3 Å². The number of hydrogen-bond acceptors (Lipinski definition) is 5. The highest BCUT2D eigenvalue weighted by atomic mass is 32.2. The highest BCUT2D eigenvalue weighted by molar-refractivity contribution is 8.00. The molecule has 0 aliphatic heterocycles. The minimum absolute atomic E-state index is 0.0592. The standard InChI is InChI=1S/C34H27N3O5S/c1-21(38)35-24-13-15-25(16-14-24)37-33(40)31(23-7-3-2-4-8-23)43-27-19-17-26(18-20-27)36-32(39)28-11-5-9-22-10-6-12-29(30(22)28)34(41)42/h2-20,31H,1H3,(H,35,38)(H,36,39)(H,37,40)(H,41,42). The van der Waals surface area contributed by atoms with Crippen LogP contribution < -0.4 is 16.0 Å². The summed E-state index contributed by atoms with van der Waals surface area (Å²) in [5.41, 5.74) is 2.90. The third-order valence-corrected chi connectivity index (χ3v) is 7.83. The molecule has 1 atom stereocenters. The number of rotatable bonds is 9. The second-order valence-electron chi connectivity index (χ2n) is 9.65. The van der Waals surface area contributed by atoms with Crippen LogP contribution in [0.4, 0.5) is 17.1 Å². The lowest BCUT2D eigenvalue weighted by atomic mass is 9.98. The lowest BCUT2D eigenvalue weighted by Crippen LogP contribution is -2.19. The van der Waals surface area contributed by atoms with E-state index in [2.05, 4.69) is 16.0 Å². The Morgan fingerprint density at radius 2 is 1.19 bits per heavy atom. The third kappa shape index (κ3) is 7.09. The van der Waals surface area contributed by atoms with Gasteiger partial charge in [0.2, 0.25) is 11.8 Å². The molecule has 4 N–H and O–H groups in total. The van der Waals surface area contributed by atoms with E-state index < -0.39 is 17.1 Å². The molecule has 43 heavy (non-hydrogen) atoms. The van der Waals surface area contributed by atoms with Crippen LogP contribution in [-0.2, 0) is 9.59 Å². The van der Waals surface area contributed by atoms with Crippen LogP contribution in [-0.4, -0.2) is 28.8 Å². The molecule has 9 heteroatoms. The summed E-state index contributed by atoms with van der Waals surface area (Å²) in [6, 6.07) is 33.4. The van der Waals surface area contributed by atoms with E-state index in [1.807, 2.05) is 42.5 Å². The molecule has 0 heterocycles. The first-order chi connectivity index (χ1) is 20.8. The van der Waals surface area contributed by atoms with Crippen molar-refractivity contribution in [2.45, 2.75) is 17.1 Å². The number of aromatic carboxylic acids is 1. The summed E-state index contributed by atoms with van der Waals surface area (Å²) in [6.07, 6.45) is 0. The maximum Gasteiger partial charge on any atom is 0.336 e. The van der Waals surface area contributed by atoms with E-state index in [4.69, 9.17) is 0 Å². The average molecular weight is 590 g/mol. The second-order valence-corrected chi connectivity index (χ2v) is 10.8. The Kier molecular flexibility index (Phi) is 8.83. The molecule has 8 nitrogen and oxygen atoms in total. The van der Waals surface area contributed by atoms with Gasteiger partial charge in [-0.2, -0.15) is 0 Å². The number of carboxylic acids is 1. The van der Waals surface area contributed by atoms with Crippen LogP contribution >= 0.6 is 11.8 Å². The quantitative estimate of drug-likeness (QED) is 0.135. The van der Waals surface area contributed by atoms with Gasteiger partial charge in [0.25, 0.3) is 5.91 Å². The van der Waals surface area contributed by atoms with E-state index in [0.717, 1.165) is 10.5 Å². The number of amides is 3. The van der Waals surface area contributed by atoms with Crippen molar-refractivity contribution < 1.29 is 24.3 Å². The van der Waals surface area contributed by atoms with Gasteiger partial charge in [0, 0.05) is 39.8 Å². The van der Waals surface area contributed by atoms with Gasteiger partial charge in [-0.05, 0) is 71.6 Å². The van der Waals surface area contributed by atoms with E-state index in [1.165, 1.54) is 24.8 Å². The predicted octanol–water partition coefficient (Wildman–Crippen LogP) is 7.22. The largest absolute Gasteiger partial charge is 0.478 e. The van der Waals surface area contributed by atoms with Crippen molar-refractivity contribution in [2.24, 2.45) is 0 Å². The Morgan fingerprint density at radius 3 is 1.79 bits per heavy atom. The minimum atomic E-state index is -1.11. The topological polar surface area (TPSA) is 125 Å². The SMILES string of the molecule is CC(=O)Nc1ccc(NC(=O)C(Sc2ccc(NC(=O)c3cccc4cccc(C(=O)O)c34)cc2)c2ccccc2)cc1. The molecule has 214 valence electrons. The fourth-order valence-corrected chi connectivity index (χ4v) is 5.63. The van der Waals surface area contributed by atoms with Crippen molar-refractivity contribution in [3.05, 3.63) is 132 Å². The number of carbonyl (C=O) groups excluding carboxylic acids is 3. The zero-order chi connectivity index (χ0) is 30.3. The molecular formula is C34H27N3O5S. The van der Waals surface area contributed by atoms with Gasteiger partial charge in [-0.15, -0.1) is 11.8 Å². The summed E-state index contributed by atoms with van der Waals surface area (Å²) < 4.78 is 0. The highest BCUT2D eigenvalue weighted by Gasteiger charge is 2.23. The van der Waals surface area contributed by atoms with E-state index in [0.29, 0.717) is 27.8 Å². The molecule has 0 radical (unpaired) electrons. The Morgan fingerprint density at radius 1 is 0.628 bits per heavy atom. The van der Waals surface area contributed by atoms with E-state index in [9.17, 15) is 24.3 Å². The van der Waals surface area contributed by atoms with Crippen molar-refractivity contribution in [3.8, 4) is 0 Å². The van der Waals surface area contributed by atoms with Gasteiger partial charge < -0.3 is 21.1 Å². The van der Waals surface area contributed by atoms with Crippen LogP contribution in [0.15, 0.2) is 120 Å². The molecule has 5 rings (SSSR count). The molecule has 3 amide bonds. The Hall–Kier alpha value is -5.41. The maximum atomic E-state index is 13.4. The number of hydrogen-bond donors (Lipinski definition) is 4. The van der Waals surface area contributed by atoms with Crippen LogP contribution in [0.25, 0.3) is 10.8 Å². The third-order valence-electron chi connectivity index (χ3n) is 6.56. The number of carboxylic acid groups (broad SMARTS) is 1. The van der Waals surface area contributed by atoms with Crippen LogP contribution in [0.2, 0.25) is 0 Å². The first-order valence-electron chi connectivity index (χ1n) is 13.3. The minimum Gasteiger partial charge on any atom is -0.478 e. The summed E-state index contributed by atoms with van der Waals surface area (Å²) in [5.74, 6) is -1.92. The lowest BCUT2D eigenvalue weighted by Gasteiger charge is -2.18. The molecule has 0 aromatic heterocycles. The monoisotopic (exact) mass is 589 g/mol. The smallest absolute Gasteiger partial charge is 0.336 e. The number of carbonyl (C=O) groups is 4. The molecule has 0 spiro atoms. The van der Waals surface area contributed by atoms with Gasteiger partial charge in [0.05, 0.1) is 5.56 Å². The second kappa shape index (κ2) is 13.1. The van der Waals surface area contributed by atoms with Gasteiger partial charge in [0.1, 0.15) is 5.25 Å². The fraction of sp³-hybridized carbons (Fsp3) is 0.0588. The molecule has 0 aliphatic rings. The number of anilines is 3. The lowest BCUT2D eigenvalue weighted by molar-refractivity contribution is -0.116. The summed E-state index contributed by atoms with van der Waals surface area (Å²) in [7, 11) is 0. The van der Waals surface area contributed by atoms with Crippen LogP contribution in [0.5, 0.6) is 0 Å².